The van der Waals surface area contributed by atoms with Crippen molar-refractivity contribution in [2.45, 2.75) is 11.9 Å². The van der Waals surface area contributed by atoms with Crippen LogP contribution >= 0.6 is 23.1 Å². The van der Waals surface area contributed by atoms with Gasteiger partial charge in [0.25, 0.3) is 0 Å². The van der Waals surface area contributed by atoms with Crippen molar-refractivity contribution < 1.29 is 9.90 Å². The molecule has 1 atom stereocenters. The van der Waals surface area contributed by atoms with Gasteiger partial charge in [0, 0.05) is 22.6 Å². The summed E-state index contributed by atoms with van der Waals surface area (Å²) in [4.78, 5) is 11.9. The quantitative estimate of drug-likeness (QED) is 0.672. The van der Waals surface area contributed by atoms with Crippen LogP contribution < -0.4 is 5.32 Å². The zero-order chi connectivity index (χ0) is 16.8. The van der Waals surface area contributed by atoms with Gasteiger partial charge in [0.05, 0.1) is 11.9 Å². The number of hydrogen-bond donors (Lipinski definition) is 2. The molecular formula is C19H19NO2S2. The smallest absolute Gasteiger partial charge is 0.230 e. The second-order valence-corrected chi connectivity index (χ2v) is 7.38. The topological polar surface area (TPSA) is 49.3 Å². The predicted octanol–water partition coefficient (Wildman–Crippen LogP) is 3.98. The number of aliphatic hydroxyl groups is 1. The molecule has 1 aromatic heterocycles. The van der Waals surface area contributed by atoms with E-state index in [1.165, 1.54) is 5.56 Å². The molecule has 0 spiro atoms. The van der Waals surface area contributed by atoms with Crippen LogP contribution in [0.4, 0.5) is 0 Å². The van der Waals surface area contributed by atoms with Crippen molar-refractivity contribution in [2.24, 2.45) is 0 Å². The lowest BCUT2D eigenvalue weighted by Crippen LogP contribution is -2.29. The number of aliphatic hydroxyl groups excluding tert-OH is 1. The van der Waals surface area contributed by atoms with Gasteiger partial charge < -0.3 is 10.4 Å². The van der Waals surface area contributed by atoms with Crippen molar-refractivity contribution in [1.29, 1.82) is 0 Å². The van der Waals surface area contributed by atoms with Crippen molar-refractivity contribution >= 4 is 39.1 Å². The van der Waals surface area contributed by atoms with Crippen molar-refractivity contribution in [2.75, 3.05) is 12.3 Å². The van der Waals surface area contributed by atoms with E-state index >= 15 is 0 Å². The maximum absolute atomic E-state index is 11.9. The highest BCUT2D eigenvalue weighted by atomic mass is 32.2. The molecule has 124 valence electrons. The highest BCUT2D eigenvalue weighted by Gasteiger charge is 2.14. The summed E-state index contributed by atoms with van der Waals surface area (Å²) in [6.45, 7) is 0.242. The number of thiophene rings is 1. The Morgan fingerprint density at radius 1 is 1.12 bits per heavy atom. The maximum atomic E-state index is 11.9. The summed E-state index contributed by atoms with van der Waals surface area (Å²) in [6.07, 6.45) is -0.677. The Labute approximate surface area is 149 Å². The van der Waals surface area contributed by atoms with E-state index in [1.807, 2.05) is 47.8 Å². The Bertz CT molecular complexity index is 801. The van der Waals surface area contributed by atoms with Gasteiger partial charge in [-0.2, -0.15) is 0 Å². The molecule has 0 aliphatic heterocycles. The lowest BCUT2D eigenvalue weighted by molar-refractivity contribution is -0.119. The Morgan fingerprint density at radius 3 is 2.71 bits per heavy atom. The number of hydrogen-bond acceptors (Lipinski definition) is 4. The molecule has 3 rings (SSSR count). The van der Waals surface area contributed by atoms with Crippen LogP contribution in [0.5, 0.6) is 0 Å². The number of nitrogens with one attached hydrogen (secondary N) is 1. The minimum Gasteiger partial charge on any atom is -0.387 e. The van der Waals surface area contributed by atoms with E-state index in [0.29, 0.717) is 5.75 Å². The molecule has 24 heavy (non-hydrogen) atoms. The summed E-state index contributed by atoms with van der Waals surface area (Å²) in [6, 6.07) is 18.1. The first-order valence-electron chi connectivity index (χ1n) is 7.76. The molecule has 1 heterocycles. The van der Waals surface area contributed by atoms with Crippen LogP contribution in [0, 0.1) is 0 Å². The monoisotopic (exact) mass is 357 g/mol. The van der Waals surface area contributed by atoms with Gasteiger partial charge in [-0.15, -0.1) is 23.1 Å². The van der Waals surface area contributed by atoms with Crippen LogP contribution in [0.2, 0.25) is 0 Å². The van der Waals surface area contributed by atoms with E-state index < -0.39 is 6.10 Å². The number of fused-ring (bicyclic) bond motifs is 1. The molecule has 0 aliphatic rings. The minimum absolute atomic E-state index is 0.0467. The van der Waals surface area contributed by atoms with Crippen LogP contribution in [0.15, 0.2) is 60.0 Å². The van der Waals surface area contributed by atoms with Gasteiger partial charge in [-0.1, -0.05) is 48.5 Å². The average Bonchev–Trinajstić information content (AvgIpc) is 3.05. The molecule has 0 saturated carbocycles. The minimum atomic E-state index is -0.677. The van der Waals surface area contributed by atoms with E-state index in [0.717, 1.165) is 21.4 Å². The average molecular weight is 358 g/mol. The molecule has 0 saturated heterocycles. The van der Waals surface area contributed by atoms with Gasteiger partial charge in [0.2, 0.25) is 5.91 Å². The normalized spacial score (nSPS) is 12.2. The van der Waals surface area contributed by atoms with Crippen molar-refractivity contribution in [3.63, 3.8) is 0 Å². The number of thioether (sulfide) groups is 1. The predicted molar refractivity (Wildman–Crippen MR) is 102 cm³/mol. The highest BCUT2D eigenvalue weighted by Crippen LogP contribution is 2.29. The summed E-state index contributed by atoms with van der Waals surface area (Å²) < 4.78 is 1.15. The van der Waals surface area contributed by atoms with Crippen LogP contribution in [0.3, 0.4) is 0 Å². The Hall–Kier alpha value is -1.82. The van der Waals surface area contributed by atoms with E-state index in [4.69, 9.17) is 0 Å². The Morgan fingerprint density at radius 2 is 1.88 bits per heavy atom. The largest absolute Gasteiger partial charge is 0.387 e. The van der Waals surface area contributed by atoms with Crippen molar-refractivity contribution in [1.82, 2.24) is 5.32 Å². The SMILES string of the molecule is O=C(CSCc1ccccc1)NCC(O)c1csc2ccccc12. The van der Waals surface area contributed by atoms with Gasteiger partial charge >= 0.3 is 0 Å². The number of rotatable bonds is 7. The van der Waals surface area contributed by atoms with Crippen LogP contribution in [-0.2, 0) is 10.5 Å². The summed E-state index contributed by atoms with van der Waals surface area (Å²) in [5, 5.41) is 16.2. The molecule has 5 heteroatoms. The van der Waals surface area contributed by atoms with E-state index in [1.54, 1.807) is 23.1 Å². The Kier molecular flexibility index (Phi) is 5.91. The highest BCUT2D eigenvalue weighted by molar-refractivity contribution is 7.99. The number of benzene rings is 2. The second kappa shape index (κ2) is 8.33. The summed E-state index contributed by atoms with van der Waals surface area (Å²) in [5.41, 5.74) is 2.09. The zero-order valence-electron chi connectivity index (χ0n) is 13.1. The fourth-order valence-electron chi connectivity index (χ4n) is 2.46. The zero-order valence-corrected chi connectivity index (χ0v) is 14.8. The molecule has 2 N–H and O–H groups in total. The van der Waals surface area contributed by atoms with Crippen LogP contribution in [0.25, 0.3) is 10.1 Å². The van der Waals surface area contributed by atoms with E-state index in [2.05, 4.69) is 17.4 Å². The molecule has 3 nitrogen and oxygen atoms in total. The van der Waals surface area contributed by atoms with Gasteiger partial charge in [-0.3, -0.25) is 4.79 Å². The first-order chi connectivity index (χ1) is 11.7. The number of amides is 1. The molecular weight excluding hydrogens is 338 g/mol. The fraction of sp³-hybridized carbons (Fsp3) is 0.211. The van der Waals surface area contributed by atoms with E-state index in [9.17, 15) is 9.90 Å². The van der Waals surface area contributed by atoms with Gasteiger partial charge in [-0.25, -0.2) is 0 Å². The molecule has 3 aromatic rings. The number of carbonyl (C=O) groups is 1. The Balaban J connectivity index is 1.45. The molecule has 0 bridgehead atoms. The van der Waals surface area contributed by atoms with Gasteiger partial charge in [0.15, 0.2) is 0 Å². The third-order valence-electron chi connectivity index (χ3n) is 3.71. The number of carbonyl (C=O) groups excluding carboxylic acids is 1. The third-order valence-corrected chi connectivity index (χ3v) is 5.69. The second-order valence-electron chi connectivity index (χ2n) is 5.49. The maximum Gasteiger partial charge on any atom is 0.230 e. The fourth-order valence-corrected chi connectivity index (χ4v) is 4.29. The first kappa shape index (κ1) is 17.0. The molecule has 0 aliphatic carbocycles. The van der Waals surface area contributed by atoms with Crippen LogP contribution in [0.1, 0.15) is 17.2 Å². The third kappa shape index (κ3) is 4.38. The van der Waals surface area contributed by atoms with Crippen LogP contribution in [-0.4, -0.2) is 23.3 Å². The van der Waals surface area contributed by atoms with Crippen molar-refractivity contribution in [3.05, 3.63) is 71.1 Å². The van der Waals surface area contributed by atoms with Gasteiger partial charge in [-0.05, 0) is 22.4 Å². The van der Waals surface area contributed by atoms with E-state index in [-0.39, 0.29) is 12.5 Å². The summed E-state index contributed by atoms with van der Waals surface area (Å²) in [7, 11) is 0. The lowest BCUT2D eigenvalue weighted by Gasteiger charge is -2.11. The molecule has 1 amide bonds. The standard InChI is InChI=1S/C19H19NO2S2/c21-17(16-12-24-18-9-5-4-8-15(16)18)10-20-19(22)13-23-11-14-6-2-1-3-7-14/h1-9,12,17,21H,10-11,13H2,(H,20,22). The summed E-state index contributed by atoms with van der Waals surface area (Å²) in [5.74, 6) is 1.16. The summed E-state index contributed by atoms with van der Waals surface area (Å²) >= 11 is 3.19. The van der Waals surface area contributed by atoms with Crippen molar-refractivity contribution in [3.8, 4) is 0 Å². The molecule has 0 fully saturated rings. The van der Waals surface area contributed by atoms with Gasteiger partial charge in [0.1, 0.15) is 0 Å². The lowest BCUT2D eigenvalue weighted by atomic mass is 10.1. The molecule has 1 unspecified atom stereocenters. The molecule has 2 aromatic carbocycles. The first-order valence-corrected chi connectivity index (χ1v) is 9.80. The molecule has 0 radical (unpaired) electrons.